The summed E-state index contributed by atoms with van der Waals surface area (Å²) in [7, 11) is 4.09. The van der Waals surface area contributed by atoms with E-state index in [0.29, 0.717) is 23.1 Å². The maximum absolute atomic E-state index is 13.2. The summed E-state index contributed by atoms with van der Waals surface area (Å²) in [6.07, 6.45) is 3.41. The molecule has 2 aromatic carbocycles. The Morgan fingerprint density at radius 1 is 1.02 bits per heavy atom. The van der Waals surface area contributed by atoms with Crippen LogP contribution in [0.3, 0.4) is 0 Å². The zero-order valence-corrected chi connectivity index (χ0v) is 26.2. The van der Waals surface area contributed by atoms with Crippen molar-refractivity contribution < 1.29 is 24.5 Å². The Labute approximate surface area is 259 Å². The van der Waals surface area contributed by atoms with Crippen LogP contribution in [-0.2, 0) is 0 Å². The molecule has 0 bridgehead atoms. The summed E-state index contributed by atoms with van der Waals surface area (Å²) in [5.74, 6) is 1.24. The first-order chi connectivity index (χ1) is 19.5. The van der Waals surface area contributed by atoms with Gasteiger partial charge in [-0.15, -0.1) is 12.4 Å². The number of aryl methyl sites for hydroxylation is 1. The topological polar surface area (TPSA) is 112 Å². The van der Waals surface area contributed by atoms with Gasteiger partial charge >= 0.3 is 6.16 Å². The van der Waals surface area contributed by atoms with Crippen LogP contribution >= 0.6 is 24.0 Å². The molecule has 1 heterocycles. The van der Waals surface area contributed by atoms with Crippen LogP contribution in [0.5, 0.6) is 5.75 Å². The second-order valence-corrected chi connectivity index (χ2v) is 11.2. The third-order valence-electron chi connectivity index (χ3n) is 7.13. The van der Waals surface area contributed by atoms with Crippen LogP contribution in [0.25, 0.3) is 22.4 Å². The molecule has 3 N–H and O–H groups in total. The third kappa shape index (κ3) is 10.5. The Morgan fingerprint density at radius 3 is 2.33 bits per heavy atom. The smallest absolute Gasteiger partial charge is 0.492 e. The number of hydrogen-bond acceptors (Lipinski definition) is 5. The van der Waals surface area contributed by atoms with Crippen molar-refractivity contribution in [3.63, 3.8) is 0 Å². The number of benzene rings is 2. The maximum atomic E-state index is 13.2. The molecule has 1 amide bonds. The highest BCUT2D eigenvalue weighted by Crippen LogP contribution is 2.36. The van der Waals surface area contributed by atoms with Crippen LogP contribution in [-0.4, -0.2) is 65.4 Å². The molecule has 42 heavy (non-hydrogen) atoms. The average molecular weight is 619 g/mol. The maximum Gasteiger partial charge on any atom is 0.503 e. The monoisotopic (exact) mass is 617 g/mol. The Balaban J connectivity index is 0.00000116. The summed E-state index contributed by atoms with van der Waals surface area (Å²) >= 11 is 6.49. The molecule has 0 spiro atoms. The highest BCUT2D eigenvalue weighted by molar-refractivity contribution is 6.32. The number of carbonyl (C=O) groups is 2. The summed E-state index contributed by atoms with van der Waals surface area (Å²) < 4.78 is 6.04. The van der Waals surface area contributed by atoms with Gasteiger partial charge in [0.25, 0.3) is 5.91 Å². The number of carbonyl (C=O) groups excluding carboxylic acids is 1. The lowest BCUT2D eigenvalue weighted by Gasteiger charge is -2.26. The zero-order valence-electron chi connectivity index (χ0n) is 24.6. The third-order valence-corrected chi connectivity index (χ3v) is 7.44. The minimum atomic E-state index is -1.83. The largest absolute Gasteiger partial charge is 0.503 e. The van der Waals surface area contributed by atoms with E-state index in [4.69, 9.17) is 36.3 Å². The molecule has 1 aliphatic carbocycles. The van der Waals surface area contributed by atoms with Crippen molar-refractivity contribution >= 4 is 36.1 Å². The van der Waals surface area contributed by atoms with Crippen LogP contribution in [0.1, 0.15) is 55.1 Å². The predicted molar refractivity (Wildman–Crippen MR) is 170 cm³/mol. The van der Waals surface area contributed by atoms with Crippen molar-refractivity contribution in [2.75, 3.05) is 27.2 Å². The minimum Gasteiger partial charge on any atom is -0.492 e. The van der Waals surface area contributed by atoms with Crippen molar-refractivity contribution in [1.82, 2.24) is 15.2 Å². The van der Waals surface area contributed by atoms with Gasteiger partial charge in [-0.1, -0.05) is 48.9 Å². The number of carboxylic acid groups (broad SMARTS) is 2. The van der Waals surface area contributed by atoms with Gasteiger partial charge in [0.1, 0.15) is 11.4 Å². The Morgan fingerprint density at radius 2 is 1.69 bits per heavy atom. The standard InChI is InChI=1S/C31H38ClN3O2.CH2O3.ClH/c1-21-10-13-24(14-11-21)33-31(36)28-17-15-26(25-9-6-5-8-22(25)2)30(34-28)23-12-16-27(32)29(20-23)37-19-7-18-35(3)4;2-1(3)4;/h5-6,8-9,12,15-17,20-21,24H,7,10-11,13-14,18-19H2,1-4H3,(H,33,36);(H2,2,3,4);1H. The van der Waals surface area contributed by atoms with Crippen LogP contribution in [0.2, 0.25) is 5.02 Å². The van der Waals surface area contributed by atoms with Gasteiger partial charge in [-0.05, 0) is 94.4 Å². The molecule has 10 heteroatoms. The molecule has 0 atom stereocenters. The molecule has 1 saturated carbocycles. The first-order valence-electron chi connectivity index (χ1n) is 13.9. The van der Waals surface area contributed by atoms with E-state index in [2.05, 4.69) is 36.2 Å². The van der Waals surface area contributed by atoms with E-state index in [9.17, 15) is 4.79 Å². The highest BCUT2D eigenvalue weighted by Gasteiger charge is 2.22. The molecular formula is C32H41Cl2N3O5. The highest BCUT2D eigenvalue weighted by atomic mass is 35.5. The summed E-state index contributed by atoms with van der Waals surface area (Å²) in [5.41, 5.74) is 5.24. The van der Waals surface area contributed by atoms with Crippen molar-refractivity contribution in [1.29, 1.82) is 0 Å². The van der Waals surface area contributed by atoms with Gasteiger partial charge in [0.15, 0.2) is 0 Å². The molecule has 3 aromatic rings. The summed E-state index contributed by atoms with van der Waals surface area (Å²) in [6, 6.07) is 18.0. The van der Waals surface area contributed by atoms with E-state index in [1.54, 1.807) is 0 Å². The number of ether oxygens (including phenoxy) is 1. The van der Waals surface area contributed by atoms with E-state index in [0.717, 1.165) is 72.5 Å². The molecule has 1 aliphatic rings. The van der Waals surface area contributed by atoms with Crippen LogP contribution in [0.15, 0.2) is 54.6 Å². The first kappa shape index (κ1) is 34.9. The van der Waals surface area contributed by atoms with Crippen molar-refractivity contribution in [3.8, 4) is 28.1 Å². The van der Waals surface area contributed by atoms with Gasteiger partial charge in [-0.3, -0.25) is 4.79 Å². The fourth-order valence-electron chi connectivity index (χ4n) is 4.89. The molecule has 0 saturated heterocycles. The fraction of sp³-hybridized carbons (Fsp3) is 0.406. The van der Waals surface area contributed by atoms with Gasteiger partial charge in [0, 0.05) is 23.7 Å². The number of hydrogen-bond donors (Lipinski definition) is 3. The average Bonchev–Trinajstić information content (AvgIpc) is 2.93. The lowest BCUT2D eigenvalue weighted by atomic mass is 9.87. The second-order valence-electron chi connectivity index (χ2n) is 10.8. The van der Waals surface area contributed by atoms with Gasteiger partial charge in [-0.2, -0.15) is 0 Å². The number of aromatic nitrogens is 1. The number of rotatable bonds is 9. The molecule has 1 fully saturated rings. The van der Waals surface area contributed by atoms with Crippen LogP contribution < -0.4 is 10.1 Å². The minimum absolute atomic E-state index is 0. The zero-order chi connectivity index (χ0) is 29.9. The fourth-order valence-corrected chi connectivity index (χ4v) is 5.06. The molecule has 0 radical (unpaired) electrons. The number of nitrogens with zero attached hydrogens (tertiary/aromatic N) is 2. The Hall–Kier alpha value is -3.33. The lowest BCUT2D eigenvalue weighted by Crippen LogP contribution is -2.37. The van der Waals surface area contributed by atoms with Gasteiger partial charge in [-0.25, -0.2) is 9.78 Å². The molecule has 8 nitrogen and oxygen atoms in total. The van der Waals surface area contributed by atoms with Gasteiger partial charge in [0.05, 0.1) is 17.3 Å². The summed E-state index contributed by atoms with van der Waals surface area (Å²) in [6.45, 7) is 5.88. The summed E-state index contributed by atoms with van der Waals surface area (Å²) in [5, 5.41) is 17.7. The van der Waals surface area contributed by atoms with E-state index in [-0.39, 0.29) is 24.4 Å². The predicted octanol–water partition coefficient (Wildman–Crippen LogP) is 7.66. The normalized spacial score (nSPS) is 16.0. The molecule has 1 aromatic heterocycles. The quantitative estimate of drug-likeness (QED) is 0.211. The molecule has 0 unspecified atom stereocenters. The van der Waals surface area contributed by atoms with Crippen molar-refractivity contribution in [3.05, 3.63) is 70.9 Å². The SMILES string of the molecule is Cc1ccccc1-c1ccc(C(=O)NC2CCC(C)CC2)nc1-c1ccc(Cl)c(OCCCN(C)C)c1.Cl.O=C(O)O. The second kappa shape index (κ2) is 16.9. The van der Waals surface area contributed by atoms with Crippen LogP contribution in [0.4, 0.5) is 4.79 Å². The van der Waals surface area contributed by atoms with Crippen molar-refractivity contribution in [2.24, 2.45) is 5.92 Å². The van der Waals surface area contributed by atoms with E-state index in [1.807, 2.05) is 56.6 Å². The van der Waals surface area contributed by atoms with Gasteiger partial charge in [0.2, 0.25) is 0 Å². The number of pyridine rings is 1. The Kier molecular flexibility index (Phi) is 14.1. The number of nitrogens with one attached hydrogen (secondary N) is 1. The number of halogens is 2. The lowest BCUT2D eigenvalue weighted by molar-refractivity contribution is 0.0917. The summed E-state index contributed by atoms with van der Waals surface area (Å²) in [4.78, 5) is 28.8. The van der Waals surface area contributed by atoms with E-state index in [1.165, 1.54) is 0 Å². The van der Waals surface area contributed by atoms with Crippen molar-refractivity contribution in [2.45, 2.75) is 52.0 Å². The van der Waals surface area contributed by atoms with Gasteiger partial charge < -0.3 is 25.2 Å². The van der Waals surface area contributed by atoms with E-state index >= 15 is 0 Å². The molecule has 228 valence electrons. The molecule has 0 aliphatic heterocycles. The Bertz CT molecular complexity index is 1320. The van der Waals surface area contributed by atoms with E-state index < -0.39 is 6.16 Å². The number of amides is 1. The molecule has 4 rings (SSSR count). The first-order valence-corrected chi connectivity index (χ1v) is 14.3. The molecular weight excluding hydrogens is 577 g/mol. The van der Waals surface area contributed by atoms with Crippen LogP contribution in [0, 0.1) is 12.8 Å².